The van der Waals surface area contributed by atoms with Crippen LogP contribution in [0.4, 0.5) is 10.1 Å². The molecule has 0 unspecified atom stereocenters. The Morgan fingerprint density at radius 2 is 1.85 bits per heavy atom. The molecule has 0 saturated heterocycles. The van der Waals surface area contributed by atoms with Crippen molar-refractivity contribution in [2.24, 2.45) is 5.73 Å². The Morgan fingerprint density at radius 3 is 2.60 bits per heavy atom. The van der Waals surface area contributed by atoms with Crippen LogP contribution in [0.2, 0.25) is 0 Å². The number of halogens is 1. The predicted molar refractivity (Wildman–Crippen MR) is 153 cm³/mol. The monoisotopic (exact) mass is 556 g/mol. The van der Waals surface area contributed by atoms with Crippen LogP contribution in [0.1, 0.15) is 37.4 Å². The van der Waals surface area contributed by atoms with Gasteiger partial charge < -0.3 is 15.6 Å². The maximum Gasteiger partial charge on any atom is 0.259 e. The van der Waals surface area contributed by atoms with Crippen molar-refractivity contribution in [3.8, 4) is 11.1 Å². The Balaban J connectivity index is 1.50. The topological polar surface area (TPSA) is 125 Å². The lowest BCUT2D eigenvalue weighted by Crippen LogP contribution is -2.24. The molecule has 0 saturated carbocycles. The Hall–Kier alpha value is -4.54. The standard InChI is InChI=1S/C30H25FN4O4S/c1-16-20(4-3-5-26(16)35-15-18-7-8-19(31)13-24(18)30(35)37)21-10-11-23(29(32)36)28-27(21)22-9-6-17(12-25(22)34-28)14-33-40(2,38)39/h3-13,33-34H,14-15H2,1-2H3,(H2,32,36). The van der Waals surface area contributed by atoms with E-state index >= 15 is 0 Å². The Kier molecular flexibility index (Phi) is 5.97. The number of aromatic nitrogens is 1. The fraction of sp³-hybridized carbons (Fsp3) is 0.133. The Morgan fingerprint density at radius 1 is 1.05 bits per heavy atom. The second-order valence-corrected chi connectivity index (χ2v) is 11.8. The molecule has 5 aromatic rings. The van der Waals surface area contributed by atoms with Crippen molar-refractivity contribution in [2.75, 3.05) is 11.2 Å². The quantitative estimate of drug-likeness (QED) is 0.279. The molecular weight excluding hydrogens is 531 g/mol. The predicted octanol–water partition coefficient (Wildman–Crippen LogP) is 4.74. The molecule has 2 heterocycles. The molecule has 40 heavy (non-hydrogen) atoms. The van der Waals surface area contributed by atoms with Crippen molar-refractivity contribution < 1.29 is 22.4 Å². The summed E-state index contributed by atoms with van der Waals surface area (Å²) in [7, 11) is -3.37. The molecule has 4 aromatic carbocycles. The highest BCUT2D eigenvalue weighted by Gasteiger charge is 2.30. The number of primary amides is 1. The summed E-state index contributed by atoms with van der Waals surface area (Å²) in [5, 5.41) is 1.62. The van der Waals surface area contributed by atoms with Gasteiger partial charge in [0.05, 0.1) is 23.9 Å². The minimum absolute atomic E-state index is 0.122. The van der Waals surface area contributed by atoms with E-state index < -0.39 is 21.7 Å². The van der Waals surface area contributed by atoms with Gasteiger partial charge in [-0.3, -0.25) is 9.59 Å². The summed E-state index contributed by atoms with van der Waals surface area (Å²) in [5.74, 6) is -1.29. The van der Waals surface area contributed by atoms with Crippen LogP contribution in [-0.4, -0.2) is 31.5 Å². The number of hydrogen-bond donors (Lipinski definition) is 3. The number of fused-ring (bicyclic) bond motifs is 4. The van der Waals surface area contributed by atoms with Crippen LogP contribution in [0.25, 0.3) is 32.9 Å². The van der Waals surface area contributed by atoms with Crippen LogP contribution >= 0.6 is 0 Å². The van der Waals surface area contributed by atoms with Gasteiger partial charge in [-0.15, -0.1) is 0 Å². The number of amides is 2. The average molecular weight is 557 g/mol. The van der Waals surface area contributed by atoms with Crippen LogP contribution < -0.4 is 15.4 Å². The van der Waals surface area contributed by atoms with Gasteiger partial charge in [-0.05, 0) is 65.1 Å². The van der Waals surface area contributed by atoms with Crippen LogP contribution in [0, 0.1) is 12.7 Å². The summed E-state index contributed by atoms with van der Waals surface area (Å²) < 4.78 is 39.5. The molecule has 0 bridgehead atoms. The smallest absolute Gasteiger partial charge is 0.259 e. The van der Waals surface area contributed by atoms with Crippen molar-refractivity contribution in [1.29, 1.82) is 0 Å². The molecule has 1 aliphatic rings. The second kappa shape index (κ2) is 9.29. The highest BCUT2D eigenvalue weighted by atomic mass is 32.2. The first-order chi connectivity index (χ1) is 19.0. The number of carbonyl (C=O) groups excluding carboxylic acids is 2. The normalized spacial score (nSPS) is 13.4. The molecular formula is C30H25FN4O4S. The maximum atomic E-state index is 13.8. The zero-order valence-electron chi connectivity index (χ0n) is 21.7. The number of nitrogens with two attached hydrogens (primary N) is 1. The number of benzene rings is 4. The third-order valence-corrected chi connectivity index (χ3v) is 8.05. The largest absolute Gasteiger partial charge is 0.366 e. The van der Waals surface area contributed by atoms with Crippen LogP contribution in [0.5, 0.6) is 0 Å². The van der Waals surface area contributed by atoms with Gasteiger partial charge in [0.15, 0.2) is 0 Å². The lowest BCUT2D eigenvalue weighted by Gasteiger charge is -2.21. The van der Waals surface area contributed by atoms with E-state index in [2.05, 4.69) is 9.71 Å². The van der Waals surface area contributed by atoms with E-state index in [0.717, 1.165) is 50.4 Å². The van der Waals surface area contributed by atoms with Crippen LogP contribution in [-0.2, 0) is 23.1 Å². The third-order valence-electron chi connectivity index (χ3n) is 7.38. The van der Waals surface area contributed by atoms with E-state index in [4.69, 9.17) is 5.73 Å². The number of hydrogen-bond acceptors (Lipinski definition) is 4. The summed E-state index contributed by atoms with van der Waals surface area (Å²) in [5.41, 5.74) is 12.4. The van der Waals surface area contributed by atoms with Crippen LogP contribution in [0.15, 0.2) is 66.7 Å². The zero-order valence-corrected chi connectivity index (χ0v) is 22.5. The number of anilines is 1. The van der Waals surface area contributed by atoms with E-state index in [1.807, 2.05) is 49.4 Å². The number of rotatable bonds is 6. The van der Waals surface area contributed by atoms with E-state index in [0.29, 0.717) is 28.9 Å². The van der Waals surface area contributed by atoms with E-state index in [-0.39, 0.29) is 12.5 Å². The summed E-state index contributed by atoms with van der Waals surface area (Å²) in [4.78, 5) is 30.5. The summed E-state index contributed by atoms with van der Waals surface area (Å²) >= 11 is 0. The minimum Gasteiger partial charge on any atom is -0.366 e. The molecule has 10 heteroatoms. The lowest BCUT2D eigenvalue weighted by atomic mass is 9.93. The Labute approximate surface area is 229 Å². The van der Waals surface area contributed by atoms with E-state index in [9.17, 15) is 22.4 Å². The molecule has 0 fully saturated rings. The fourth-order valence-electron chi connectivity index (χ4n) is 5.49. The molecule has 6 rings (SSSR count). The molecule has 4 N–H and O–H groups in total. The molecule has 2 amide bonds. The molecule has 1 aliphatic heterocycles. The van der Waals surface area contributed by atoms with Gasteiger partial charge in [0.2, 0.25) is 10.0 Å². The lowest BCUT2D eigenvalue weighted by molar-refractivity contribution is 0.0990. The highest BCUT2D eigenvalue weighted by molar-refractivity contribution is 7.88. The molecule has 0 aliphatic carbocycles. The van der Waals surface area contributed by atoms with Crippen molar-refractivity contribution in [3.05, 3.63) is 100 Å². The van der Waals surface area contributed by atoms with Crippen LogP contribution in [0.3, 0.4) is 0 Å². The van der Waals surface area contributed by atoms with E-state index in [1.165, 1.54) is 12.1 Å². The summed E-state index contributed by atoms with van der Waals surface area (Å²) in [6.45, 7) is 2.39. The SMILES string of the molecule is Cc1c(-c2ccc(C(N)=O)c3[nH]c4cc(CNS(C)(=O)=O)ccc4c23)cccc1N1Cc2ccc(F)cc2C1=O. The zero-order chi connectivity index (χ0) is 28.3. The number of H-pyrrole nitrogens is 1. The summed E-state index contributed by atoms with van der Waals surface area (Å²) in [6, 6.07) is 19.0. The van der Waals surface area contributed by atoms with Crippen molar-refractivity contribution in [2.45, 2.75) is 20.0 Å². The first-order valence-electron chi connectivity index (χ1n) is 12.5. The molecule has 0 atom stereocenters. The average Bonchev–Trinajstić information content (AvgIpc) is 3.44. The molecule has 0 radical (unpaired) electrons. The maximum absolute atomic E-state index is 13.8. The van der Waals surface area contributed by atoms with Gasteiger partial charge in [-0.25, -0.2) is 17.5 Å². The second-order valence-electron chi connectivity index (χ2n) is 10.0. The number of aromatic amines is 1. The first kappa shape index (κ1) is 25.7. The number of carbonyl (C=O) groups is 2. The van der Waals surface area contributed by atoms with Gasteiger partial charge in [-0.2, -0.15) is 0 Å². The number of nitrogens with one attached hydrogen (secondary N) is 2. The third kappa shape index (κ3) is 4.31. The number of nitrogens with zero attached hydrogens (tertiary/aromatic N) is 1. The van der Waals surface area contributed by atoms with Gasteiger partial charge in [0, 0.05) is 34.1 Å². The summed E-state index contributed by atoms with van der Waals surface area (Å²) in [6.07, 6.45) is 1.10. The van der Waals surface area contributed by atoms with Gasteiger partial charge >= 0.3 is 0 Å². The Bertz CT molecular complexity index is 2000. The number of sulfonamides is 1. The van der Waals surface area contributed by atoms with Gasteiger partial charge in [0.25, 0.3) is 11.8 Å². The molecule has 1 aromatic heterocycles. The fourth-order valence-corrected chi connectivity index (χ4v) is 5.92. The van der Waals surface area contributed by atoms with E-state index in [1.54, 1.807) is 17.0 Å². The van der Waals surface area contributed by atoms with Gasteiger partial charge in [0.1, 0.15) is 5.82 Å². The highest BCUT2D eigenvalue weighted by Crippen LogP contribution is 2.41. The van der Waals surface area contributed by atoms with Crippen molar-refractivity contribution >= 4 is 49.3 Å². The molecule has 202 valence electrons. The van der Waals surface area contributed by atoms with Crippen molar-refractivity contribution in [3.63, 3.8) is 0 Å². The van der Waals surface area contributed by atoms with Gasteiger partial charge in [-0.1, -0.05) is 36.4 Å². The molecule has 0 spiro atoms. The molecule has 8 nitrogen and oxygen atoms in total. The first-order valence-corrected chi connectivity index (χ1v) is 14.4. The minimum atomic E-state index is -3.37. The van der Waals surface area contributed by atoms with Crippen molar-refractivity contribution in [1.82, 2.24) is 9.71 Å².